The van der Waals surface area contributed by atoms with Gasteiger partial charge in [-0.05, 0) is 62.6 Å². The summed E-state index contributed by atoms with van der Waals surface area (Å²) in [6.45, 7) is 8.16. The SMILES string of the molecule is Cc1ccc(N2CCN(C(=O)c3ccc(N4CCCCCC4=O)cc3)CC2)c(C)c1. The summed E-state index contributed by atoms with van der Waals surface area (Å²) in [6, 6.07) is 14.1. The third-order valence-corrected chi connectivity index (χ3v) is 6.26. The van der Waals surface area contributed by atoms with Crippen LogP contribution in [-0.4, -0.2) is 49.4 Å². The van der Waals surface area contributed by atoms with E-state index in [2.05, 4.69) is 36.9 Å². The summed E-state index contributed by atoms with van der Waals surface area (Å²) in [5.74, 6) is 0.262. The smallest absolute Gasteiger partial charge is 0.253 e. The molecular weight excluding hydrogens is 374 g/mol. The fraction of sp³-hybridized carbons (Fsp3) is 0.440. The number of carbonyl (C=O) groups excluding carboxylic acids is 2. The van der Waals surface area contributed by atoms with Gasteiger partial charge in [-0.2, -0.15) is 0 Å². The third kappa shape index (κ3) is 4.35. The van der Waals surface area contributed by atoms with E-state index in [4.69, 9.17) is 0 Å². The Balaban J connectivity index is 1.39. The van der Waals surface area contributed by atoms with Gasteiger partial charge in [0.05, 0.1) is 0 Å². The van der Waals surface area contributed by atoms with Crippen LogP contribution in [0.1, 0.15) is 47.2 Å². The molecule has 2 amide bonds. The maximum atomic E-state index is 13.0. The first-order valence-electron chi connectivity index (χ1n) is 11.0. The summed E-state index contributed by atoms with van der Waals surface area (Å²) in [7, 11) is 0. The molecular formula is C25H31N3O2. The van der Waals surface area contributed by atoms with Crippen molar-refractivity contribution in [2.45, 2.75) is 39.5 Å². The first-order chi connectivity index (χ1) is 14.5. The minimum atomic E-state index is 0.0732. The van der Waals surface area contributed by atoms with E-state index in [0.29, 0.717) is 12.0 Å². The Morgan fingerprint density at radius 2 is 1.57 bits per heavy atom. The molecule has 0 bridgehead atoms. The van der Waals surface area contributed by atoms with Crippen LogP contribution < -0.4 is 9.80 Å². The van der Waals surface area contributed by atoms with Gasteiger partial charge in [-0.25, -0.2) is 0 Å². The van der Waals surface area contributed by atoms with E-state index >= 15 is 0 Å². The molecule has 30 heavy (non-hydrogen) atoms. The molecule has 0 N–H and O–H groups in total. The van der Waals surface area contributed by atoms with Crippen LogP contribution in [-0.2, 0) is 4.79 Å². The van der Waals surface area contributed by atoms with Crippen molar-refractivity contribution in [1.29, 1.82) is 0 Å². The van der Waals surface area contributed by atoms with Crippen molar-refractivity contribution < 1.29 is 9.59 Å². The summed E-state index contributed by atoms with van der Waals surface area (Å²) in [6.07, 6.45) is 3.73. The second kappa shape index (κ2) is 8.90. The van der Waals surface area contributed by atoms with Gasteiger partial charge in [0, 0.05) is 56.1 Å². The van der Waals surface area contributed by atoms with Crippen molar-refractivity contribution in [3.05, 3.63) is 59.2 Å². The van der Waals surface area contributed by atoms with Gasteiger partial charge in [0.2, 0.25) is 5.91 Å². The molecule has 0 aliphatic carbocycles. The topological polar surface area (TPSA) is 43.9 Å². The average Bonchev–Trinajstić information content (AvgIpc) is 2.98. The summed E-state index contributed by atoms with van der Waals surface area (Å²) < 4.78 is 0. The van der Waals surface area contributed by atoms with E-state index in [1.165, 1.54) is 16.8 Å². The molecule has 0 unspecified atom stereocenters. The summed E-state index contributed by atoms with van der Waals surface area (Å²) in [4.78, 5) is 31.5. The quantitative estimate of drug-likeness (QED) is 0.770. The lowest BCUT2D eigenvalue weighted by atomic mass is 10.1. The molecule has 0 radical (unpaired) electrons. The van der Waals surface area contributed by atoms with Gasteiger partial charge in [0.1, 0.15) is 0 Å². The van der Waals surface area contributed by atoms with Crippen LogP contribution >= 0.6 is 0 Å². The number of carbonyl (C=O) groups is 2. The maximum absolute atomic E-state index is 13.0. The monoisotopic (exact) mass is 405 g/mol. The number of hydrogen-bond donors (Lipinski definition) is 0. The molecule has 0 aromatic heterocycles. The highest BCUT2D eigenvalue weighted by Crippen LogP contribution is 2.24. The van der Waals surface area contributed by atoms with Gasteiger partial charge in [0.15, 0.2) is 0 Å². The lowest BCUT2D eigenvalue weighted by molar-refractivity contribution is -0.118. The van der Waals surface area contributed by atoms with Gasteiger partial charge in [0.25, 0.3) is 5.91 Å². The Morgan fingerprint density at radius 1 is 0.833 bits per heavy atom. The fourth-order valence-electron chi connectivity index (χ4n) is 4.53. The Bertz CT molecular complexity index is 914. The minimum Gasteiger partial charge on any atom is -0.368 e. The fourth-order valence-corrected chi connectivity index (χ4v) is 4.53. The standard InChI is InChI=1S/C25H31N3O2/c1-19-7-12-23(20(2)18-19)26-14-16-27(17-15-26)25(30)21-8-10-22(11-9-21)28-13-5-3-4-6-24(28)29/h7-12,18H,3-6,13-17H2,1-2H3. The first kappa shape index (κ1) is 20.5. The minimum absolute atomic E-state index is 0.0732. The highest BCUT2D eigenvalue weighted by Gasteiger charge is 2.24. The average molecular weight is 406 g/mol. The normalized spacial score (nSPS) is 17.8. The van der Waals surface area contributed by atoms with Gasteiger partial charge < -0.3 is 14.7 Å². The molecule has 2 fully saturated rings. The molecule has 2 aromatic rings. The Kier molecular flexibility index (Phi) is 6.07. The predicted octanol–water partition coefficient (Wildman–Crippen LogP) is 4.17. The van der Waals surface area contributed by atoms with Gasteiger partial charge in [-0.15, -0.1) is 0 Å². The van der Waals surface area contributed by atoms with Crippen LogP contribution in [0.15, 0.2) is 42.5 Å². The Hall–Kier alpha value is -2.82. The van der Waals surface area contributed by atoms with Crippen LogP contribution in [0.2, 0.25) is 0 Å². The zero-order valence-electron chi connectivity index (χ0n) is 18.1. The molecule has 2 aliphatic rings. The first-order valence-corrected chi connectivity index (χ1v) is 11.0. The molecule has 5 nitrogen and oxygen atoms in total. The molecule has 5 heteroatoms. The van der Waals surface area contributed by atoms with Crippen molar-refractivity contribution in [1.82, 2.24) is 4.90 Å². The zero-order chi connectivity index (χ0) is 21.1. The van der Waals surface area contributed by atoms with Crippen LogP contribution in [0.4, 0.5) is 11.4 Å². The second-order valence-electron chi connectivity index (χ2n) is 8.47. The lowest BCUT2D eigenvalue weighted by Gasteiger charge is -2.37. The molecule has 2 saturated heterocycles. The predicted molar refractivity (Wildman–Crippen MR) is 121 cm³/mol. The van der Waals surface area contributed by atoms with Crippen molar-refractivity contribution in [2.75, 3.05) is 42.5 Å². The van der Waals surface area contributed by atoms with E-state index in [1.807, 2.05) is 34.1 Å². The molecule has 158 valence electrons. The third-order valence-electron chi connectivity index (χ3n) is 6.26. The van der Waals surface area contributed by atoms with Crippen molar-refractivity contribution in [3.8, 4) is 0 Å². The number of nitrogens with zero attached hydrogens (tertiary/aromatic N) is 3. The zero-order valence-corrected chi connectivity index (χ0v) is 18.1. The van der Waals surface area contributed by atoms with Gasteiger partial charge in [-0.3, -0.25) is 9.59 Å². The Morgan fingerprint density at radius 3 is 2.27 bits per heavy atom. The molecule has 0 saturated carbocycles. The Labute approximate surface area is 179 Å². The van der Waals surface area contributed by atoms with Crippen molar-refractivity contribution >= 4 is 23.2 Å². The van der Waals surface area contributed by atoms with Crippen LogP contribution in [0.25, 0.3) is 0 Å². The largest absolute Gasteiger partial charge is 0.368 e. The molecule has 4 rings (SSSR count). The van der Waals surface area contributed by atoms with Crippen LogP contribution in [0.5, 0.6) is 0 Å². The number of benzene rings is 2. The van der Waals surface area contributed by atoms with E-state index in [-0.39, 0.29) is 11.8 Å². The molecule has 0 spiro atoms. The second-order valence-corrected chi connectivity index (χ2v) is 8.47. The summed E-state index contributed by atoms with van der Waals surface area (Å²) >= 11 is 0. The number of aryl methyl sites for hydroxylation is 2. The lowest BCUT2D eigenvalue weighted by Crippen LogP contribution is -2.49. The van der Waals surface area contributed by atoms with E-state index in [9.17, 15) is 9.59 Å². The summed E-state index contributed by atoms with van der Waals surface area (Å²) in [5, 5.41) is 0. The number of piperazine rings is 1. The molecule has 2 aliphatic heterocycles. The van der Waals surface area contributed by atoms with Crippen LogP contribution in [0, 0.1) is 13.8 Å². The summed E-state index contributed by atoms with van der Waals surface area (Å²) in [5.41, 5.74) is 5.42. The van der Waals surface area contributed by atoms with Crippen LogP contribution in [0.3, 0.4) is 0 Å². The number of rotatable bonds is 3. The van der Waals surface area contributed by atoms with E-state index in [1.54, 1.807) is 0 Å². The highest BCUT2D eigenvalue weighted by atomic mass is 16.2. The van der Waals surface area contributed by atoms with Gasteiger partial charge in [-0.1, -0.05) is 24.1 Å². The number of amides is 2. The van der Waals surface area contributed by atoms with Gasteiger partial charge >= 0.3 is 0 Å². The van der Waals surface area contributed by atoms with Crippen molar-refractivity contribution in [3.63, 3.8) is 0 Å². The molecule has 0 atom stereocenters. The molecule has 2 heterocycles. The number of anilines is 2. The maximum Gasteiger partial charge on any atom is 0.253 e. The number of hydrogen-bond acceptors (Lipinski definition) is 3. The molecule has 2 aromatic carbocycles. The highest BCUT2D eigenvalue weighted by molar-refractivity contribution is 5.97. The van der Waals surface area contributed by atoms with E-state index < -0.39 is 0 Å². The van der Waals surface area contributed by atoms with E-state index in [0.717, 1.165) is 57.7 Å². The van der Waals surface area contributed by atoms with Crippen molar-refractivity contribution in [2.24, 2.45) is 0 Å².